The van der Waals surface area contributed by atoms with Gasteiger partial charge in [0.2, 0.25) is 10.9 Å². The fourth-order valence-electron chi connectivity index (χ4n) is 5.71. The summed E-state index contributed by atoms with van der Waals surface area (Å²) in [7, 11) is 1.57. The normalized spacial score (nSPS) is 11.4. The van der Waals surface area contributed by atoms with Crippen LogP contribution in [0.4, 0.5) is 5.69 Å². The lowest BCUT2D eigenvalue weighted by atomic mass is 9.98. The molecule has 0 radical (unpaired) electrons. The first kappa shape index (κ1) is 41.5. The molecule has 3 N–H and O–H groups in total. The third kappa shape index (κ3) is 19.9. The van der Waals surface area contributed by atoms with E-state index in [0.29, 0.717) is 39.0 Å². The van der Waals surface area contributed by atoms with E-state index in [1.807, 2.05) is 0 Å². The molecule has 0 heterocycles. The predicted molar refractivity (Wildman–Crippen MR) is 190 cm³/mol. The Morgan fingerprint density at radius 2 is 1.28 bits per heavy atom. The number of ether oxygens (including phenoxy) is 2. The minimum atomic E-state index is -0.562. The summed E-state index contributed by atoms with van der Waals surface area (Å²) in [5.74, 6) is 0.197. The van der Waals surface area contributed by atoms with Crippen molar-refractivity contribution < 1.29 is 19.4 Å². The highest BCUT2D eigenvalue weighted by Gasteiger charge is 2.23. The van der Waals surface area contributed by atoms with Crippen molar-refractivity contribution in [1.29, 1.82) is 5.41 Å². The first-order chi connectivity index (χ1) is 22.3. The highest BCUT2D eigenvalue weighted by Crippen LogP contribution is 2.14. The van der Waals surface area contributed by atoms with E-state index in [-0.39, 0.29) is 28.7 Å². The number of anilines is 1. The van der Waals surface area contributed by atoms with Crippen LogP contribution in [0.1, 0.15) is 147 Å². The van der Waals surface area contributed by atoms with Gasteiger partial charge in [-0.15, -0.1) is 0 Å². The summed E-state index contributed by atoms with van der Waals surface area (Å²) in [6.45, 7) is 10.0. The van der Waals surface area contributed by atoms with Gasteiger partial charge in [0, 0.05) is 32.2 Å². The summed E-state index contributed by atoms with van der Waals surface area (Å²) in [5, 5.41) is 20.7. The monoisotopic (exact) mass is 647 g/mol. The third-order valence-corrected chi connectivity index (χ3v) is 8.53. The molecule has 0 aliphatic carbocycles. The van der Waals surface area contributed by atoms with Crippen molar-refractivity contribution in [3.63, 3.8) is 0 Å². The number of nitrogens with one attached hydrogen (secondary N) is 2. The summed E-state index contributed by atoms with van der Waals surface area (Å²) >= 11 is 0. The Hall–Kier alpha value is -2.52. The van der Waals surface area contributed by atoms with Crippen molar-refractivity contribution in [3.8, 4) is 0 Å². The van der Waals surface area contributed by atoms with E-state index in [4.69, 9.17) is 14.9 Å². The number of methoxy groups -OCH3 is 1. The second kappa shape index (κ2) is 27.6. The van der Waals surface area contributed by atoms with E-state index in [1.54, 1.807) is 7.11 Å². The molecule has 0 aromatic heterocycles. The molecule has 264 valence electrons. The fraction of sp³-hybridized carbons (Fsp3) is 0.784. The second-order valence-electron chi connectivity index (χ2n) is 12.7. The Bertz CT molecular complexity index is 1030. The number of unbranched alkanes of at least 4 members (excludes halogenated alkanes) is 14. The summed E-state index contributed by atoms with van der Waals surface area (Å²) in [4.78, 5) is 38.6. The Morgan fingerprint density at radius 1 is 0.739 bits per heavy atom. The van der Waals surface area contributed by atoms with Crippen molar-refractivity contribution in [1.82, 2.24) is 4.90 Å². The van der Waals surface area contributed by atoms with Gasteiger partial charge in [-0.3, -0.25) is 14.4 Å². The van der Waals surface area contributed by atoms with Crippen LogP contribution in [0.2, 0.25) is 0 Å². The molecule has 9 nitrogen and oxygen atoms in total. The van der Waals surface area contributed by atoms with Crippen molar-refractivity contribution >= 4 is 17.4 Å². The summed E-state index contributed by atoms with van der Waals surface area (Å²) in [6, 6.07) is 0. The predicted octanol–water partition coefficient (Wildman–Crippen LogP) is 7.84. The van der Waals surface area contributed by atoms with E-state index in [1.165, 1.54) is 32.1 Å². The van der Waals surface area contributed by atoms with Gasteiger partial charge in [0.05, 0.1) is 30.2 Å². The number of nitrogens with zero attached hydrogens (tertiary/aromatic N) is 1. The summed E-state index contributed by atoms with van der Waals surface area (Å²) < 4.78 is 10.4. The number of hydrogen-bond donors (Lipinski definition) is 3. The van der Waals surface area contributed by atoms with Crippen LogP contribution in [-0.4, -0.2) is 68.2 Å². The quantitative estimate of drug-likeness (QED) is 0.0231. The van der Waals surface area contributed by atoms with Gasteiger partial charge in [-0.2, -0.15) is 0 Å². The number of hydrogen-bond acceptors (Lipinski definition) is 9. The molecular formula is C37H65N3O6. The zero-order chi connectivity index (χ0) is 33.8. The Kier molecular flexibility index (Phi) is 24.9. The van der Waals surface area contributed by atoms with E-state index < -0.39 is 10.9 Å². The smallest absolute Gasteiger partial charge is 0.305 e. The first-order valence-corrected chi connectivity index (χ1v) is 18.2. The summed E-state index contributed by atoms with van der Waals surface area (Å²) in [5.41, 5.74) is -0.375. The lowest BCUT2D eigenvalue weighted by Crippen LogP contribution is -2.41. The molecule has 0 saturated heterocycles. The number of aliphatic hydroxyl groups is 1. The van der Waals surface area contributed by atoms with Gasteiger partial charge in [-0.1, -0.05) is 90.6 Å². The Morgan fingerprint density at radius 3 is 1.89 bits per heavy atom. The maximum atomic E-state index is 12.1. The molecule has 9 heteroatoms. The van der Waals surface area contributed by atoms with Crippen LogP contribution in [-0.2, 0) is 14.3 Å². The van der Waals surface area contributed by atoms with Gasteiger partial charge in [0.15, 0.2) is 0 Å². The topological polar surface area (TPSA) is 129 Å². The molecule has 1 aromatic carbocycles. The van der Waals surface area contributed by atoms with Crippen LogP contribution in [0.15, 0.2) is 21.9 Å². The molecule has 1 rings (SSSR count). The van der Waals surface area contributed by atoms with Gasteiger partial charge in [-0.05, 0) is 64.6 Å². The minimum Gasteiger partial charge on any atom is -0.513 e. The molecule has 0 aliphatic rings. The second-order valence-corrected chi connectivity index (χ2v) is 12.7. The molecule has 0 atom stereocenters. The Balaban J connectivity index is 2.33. The highest BCUT2D eigenvalue weighted by atomic mass is 16.5. The van der Waals surface area contributed by atoms with Crippen molar-refractivity contribution in [2.75, 3.05) is 51.8 Å². The van der Waals surface area contributed by atoms with Crippen LogP contribution >= 0.6 is 0 Å². The zero-order valence-electron chi connectivity index (χ0n) is 29.2. The van der Waals surface area contributed by atoms with Crippen molar-refractivity contribution in [3.05, 3.63) is 38.3 Å². The summed E-state index contributed by atoms with van der Waals surface area (Å²) in [6.07, 6.45) is 21.6. The Labute approximate surface area is 278 Å². The largest absolute Gasteiger partial charge is 0.513 e. The average Bonchev–Trinajstić information content (AvgIpc) is 3.03. The maximum Gasteiger partial charge on any atom is 0.305 e. The number of aliphatic hydroxyl groups excluding tert-OH is 1. The number of allylic oxidation sites excluding steroid dienone is 1. The fourth-order valence-corrected chi connectivity index (χ4v) is 5.71. The van der Waals surface area contributed by atoms with E-state index in [2.05, 4.69) is 23.7 Å². The molecule has 0 unspecified atom stereocenters. The first-order valence-electron chi connectivity index (χ1n) is 18.2. The average molecular weight is 648 g/mol. The molecule has 0 saturated carbocycles. The third-order valence-electron chi connectivity index (χ3n) is 8.53. The molecule has 0 amide bonds. The lowest BCUT2D eigenvalue weighted by Gasteiger charge is -2.23. The lowest BCUT2D eigenvalue weighted by molar-refractivity contribution is -0.143. The van der Waals surface area contributed by atoms with Crippen LogP contribution in [0.5, 0.6) is 0 Å². The van der Waals surface area contributed by atoms with Gasteiger partial charge in [-0.25, -0.2) is 0 Å². The van der Waals surface area contributed by atoms with Gasteiger partial charge < -0.3 is 30.2 Å². The standard InChI is InChI=1S/C37H65N3O6/c1-4-5-6-7-8-15-20-29-46-33(42)24-17-12-10-14-19-27-40(26-18-13-9-11-16-22-31(2)41)28-21-23-32(38)34-35(37(44)36(34)43)39-25-30-45-3/h38-39,41H,2,4-30H2,1,3H3. The number of carbonyl (C=O) groups is 1. The zero-order valence-corrected chi connectivity index (χ0v) is 29.2. The minimum absolute atomic E-state index is 0.0642. The molecule has 0 bridgehead atoms. The van der Waals surface area contributed by atoms with Crippen LogP contribution in [0, 0.1) is 5.41 Å². The number of esters is 1. The van der Waals surface area contributed by atoms with Crippen LogP contribution in [0.25, 0.3) is 0 Å². The van der Waals surface area contributed by atoms with Gasteiger partial charge in [0.1, 0.15) is 0 Å². The maximum absolute atomic E-state index is 12.1. The molecule has 0 aliphatic heterocycles. The van der Waals surface area contributed by atoms with Crippen molar-refractivity contribution in [2.45, 2.75) is 142 Å². The van der Waals surface area contributed by atoms with Gasteiger partial charge in [0.25, 0.3) is 0 Å². The van der Waals surface area contributed by atoms with Crippen LogP contribution in [0.3, 0.4) is 0 Å². The molecular weight excluding hydrogens is 582 g/mol. The number of rotatable bonds is 33. The van der Waals surface area contributed by atoms with Crippen molar-refractivity contribution in [2.24, 2.45) is 0 Å². The molecule has 0 fully saturated rings. The number of carbonyl (C=O) groups excluding carboxylic acids is 1. The van der Waals surface area contributed by atoms with Crippen LogP contribution < -0.4 is 16.2 Å². The van der Waals surface area contributed by atoms with Gasteiger partial charge >= 0.3 is 5.97 Å². The molecule has 1 aromatic rings. The molecule has 0 spiro atoms. The van der Waals surface area contributed by atoms with E-state index >= 15 is 0 Å². The van der Waals surface area contributed by atoms with E-state index in [9.17, 15) is 19.5 Å². The van der Waals surface area contributed by atoms with E-state index in [0.717, 1.165) is 103 Å². The SMILES string of the molecule is C=C(O)CCCCCCCN(CCCCCCCC(=O)OCCCCCCCCC)CCCC(=N)c1c(NCCOC)c(=O)c1=O. The highest BCUT2D eigenvalue weighted by molar-refractivity contribution is 6.04. The molecule has 46 heavy (non-hydrogen) atoms.